The van der Waals surface area contributed by atoms with Crippen molar-refractivity contribution in [2.45, 2.75) is 20.8 Å². The van der Waals surface area contributed by atoms with Gasteiger partial charge in [0.25, 0.3) is 5.91 Å². The Morgan fingerprint density at radius 3 is 2.38 bits per heavy atom. The molecule has 1 N–H and O–H groups in total. The zero-order chi connectivity index (χ0) is 15.4. The second-order valence-electron chi connectivity index (χ2n) is 4.93. The van der Waals surface area contributed by atoms with Crippen LogP contribution in [0.1, 0.15) is 32.6 Å². The van der Waals surface area contributed by atoms with Crippen molar-refractivity contribution in [3.05, 3.63) is 70.0 Å². The molecule has 21 heavy (non-hydrogen) atoms. The van der Waals surface area contributed by atoms with E-state index < -0.39 is 0 Å². The van der Waals surface area contributed by atoms with Crippen LogP contribution in [-0.2, 0) is 0 Å². The fraction of sp³-hybridized carbons (Fsp3) is 0.176. The number of hydrogen-bond acceptors (Lipinski definition) is 2. The van der Waals surface area contributed by atoms with E-state index in [1.807, 2.05) is 19.1 Å². The molecule has 2 aromatic carbocycles. The van der Waals surface area contributed by atoms with Gasteiger partial charge in [0.15, 0.2) is 0 Å². The van der Waals surface area contributed by atoms with Crippen LogP contribution in [0.2, 0.25) is 0 Å². The van der Waals surface area contributed by atoms with Crippen LogP contribution in [0.15, 0.2) is 41.5 Å². The maximum absolute atomic E-state index is 12.8. The molecular formula is C17H17FN2O. The molecule has 4 heteroatoms. The standard InChI is InChI=1S/C17H17FN2O/c1-11-4-5-15(13(3)12(11)2)10-19-20-17(21)14-6-8-16(18)9-7-14/h4-10H,1-3H3,(H,20,21)/b19-10-. The first-order valence-corrected chi connectivity index (χ1v) is 6.65. The van der Waals surface area contributed by atoms with Gasteiger partial charge in [-0.1, -0.05) is 12.1 Å². The number of rotatable bonds is 3. The van der Waals surface area contributed by atoms with Gasteiger partial charge in [-0.05, 0) is 67.3 Å². The number of amides is 1. The largest absolute Gasteiger partial charge is 0.271 e. The minimum absolute atomic E-state index is 0.366. The van der Waals surface area contributed by atoms with Gasteiger partial charge in [0.05, 0.1) is 6.21 Å². The van der Waals surface area contributed by atoms with Gasteiger partial charge in [-0.15, -0.1) is 0 Å². The van der Waals surface area contributed by atoms with Gasteiger partial charge in [0.2, 0.25) is 0 Å². The van der Waals surface area contributed by atoms with Crippen molar-refractivity contribution in [1.82, 2.24) is 5.43 Å². The summed E-state index contributed by atoms with van der Waals surface area (Å²) in [5.41, 5.74) is 7.33. The molecule has 2 rings (SSSR count). The highest BCUT2D eigenvalue weighted by Crippen LogP contribution is 2.15. The van der Waals surface area contributed by atoms with Crippen LogP contribution in [0.3, 0.4) is 0 Å². The Labute approximate surface area is 123 Å². The van der Waals surface area contributed by atoms with E-state index in [1.165, 1.54) is 35.4 Å². The van der Waals surface area contributed by atoms with E-state index in [0.29, 0.717) is 5.56 Å². The van der Waals surface area contributed by atoms with E-state index in [2.05, 4.69) is 24.4 Å². The third-order valence-corrected chi connectivity index (χ3v) is 3.58. The van der Waals surface area contributed by atoms with Crippen molar-refractivity contribution in [2.75, 3.05) is 0 Å². The second kappa shape index (κ2) is 6.31. The highest BCUT2D eigenvalue weighted by molar-refractivity contribution is 5.95. The fourth-order valence-electron chi connectivity index (χ4n) is 1.94. The Kier molecular flexibility index (Phi) is 4.48. The van der Waals surface area contributed by atoms with Crippen LogP contribution in [0.5, 0.6) is 0 Å². The van der Waals surface area contributed by atoms with Crippen molar-refractivity contribution >= 4 is 12.1 Å². The molecule has 3 nitrogen and oxygen atoms in total. The highest BCUT2D eigenvalue weighted by Gasteiger charge is 2.04. The SMILES string of the molecule is Cc1ccc(/C=N\NC(=O)c2ccc(F)cc2)c(C)c1C. The molecular weight excluding hydrogens is 267 g/mol. The number of halogens is 1. The lowest BCUT2D eigenvalue weighted by molar-refractivity contribution is 0.0955. The number of aryl methyl sites for hydroxylation is 1. The average molecular weight is 284 g/mol. The molecule has 0 saturated heterocycles. The van der Waals surface area contributed by atoms with Crippen LogP contribution in [0.25, 0.3) is 0 Å². The summed E-state index contributed by atoms with van der Waals surface area (Å²) in [5.74, 6) is -0.742. The topological polar surface area (TPSA) is 41.5 Å². The van der Waals surface area contributed by atoms with Crippen LogP contribution >= 0.6 is 0 Å². The second-order valence-corrected chi connectivity index (χ2v) is 4.93. The number of carbonyl (C=O) groups excluding carboxylic acids is 1. The molecule has 1 amide bonds. The quantitative estimate of drug-likeness (QED) is 0.680. The van der Waals surface area contributed by atoms with E-state index in [0.717, 1.165) is 11.1 Å². The summed E-state index contributed by atoms with van der Waals surface area (Å²) in [6, 6.07) is 9.30. The maximum atomic E-state index is 12.8. The van der Waals surface area contributed by atoms with Crippen LogP contribution in [0, 0.1) is 26.6 Å². The Morgan fingerprint density at radius 1 is 1.05 bits per heavy atom. The number of nitrogens with one attached hydrogen (secondary N) is 1. The summed E-state index contributed by atoms with van der Waals surface area (Å²) in [6.07, 6.45) is 1.61. The van der Waals surface area contributed by atoms with Crippen molar-refractivity contribution < 1.29 is 9.18 Å². The molecule has 0 aliphatic rings. The lowest BCUT2D eigenvalue weighted by Gasteiger charge is -2.07. The molecule has 0 aromatic heterocycles. The van der Waals surface area contributed by atoms with Gasteiger partial charge in [0.1, 0.15) is 5.82 Å². The third-order valence-electron chi connectivity index (χ3n) is 3.58. The molecule has 2 aromatic rings. The molecule has 0 fully saturated rings. The molecule has 0 radical (unpaired) electrons. The highest BCUT2D eigenvalue weighted by atomic mass is 19.1. The molecule has 0 spiro atoms. The number of hydrogen-bond donors (Lipinski definition) is 1. The van der Waals surface area contributed by atoms with Crippen LogP contribution in [0.4, 0.5) is 4.39 Å². The van der Waals surface area contributed by atoms with Gasteiger partial charge in [-0.3, -0.25) is 4.79 Å². The van der Waals surface area contributed by atoms with Crippen molar-refractivity contribution in [3.8, 4) is 0 Å². The van der Waals surface area contributed by atoms with Crippen LogP contribution in [-0.4, -0.2) is 12.1 Å². The summed E-state index contributed by atoms with van der Waals surface area (Å²) in [4.78, 5) is 11.8. The van der Waals surface area contributed by atoms with E-state index >= 15 is 0 Å². The fourth-order valence-corrected chi connectivity index (χ4v) is 1.94. The first-order chi connectivity index (χ1) is 9.99. The Balaban J connectivity index is 2.07. The zero-order valence-corrected chi connectivity index (χ0v) is 12.3. The summed E-state index contributed by atoms with van der Waals surface area (Å²) in [5, 5.41) is 3.95. The van der Waals surface area contributed by atoms with Crippen molar-refractivity contribution in [1.29, 1.82) is 0 Å². The van der Waals surface area contributed by atoms with Crippen LogP contribution < -0.4 is 5.43 Å². The lowest BCUT2D eigenvalue weighted by Crippen LogP contribution is -2.17. The van der Waals surface area contributed by atoms with Gasteiger partial charge >= 0.3 is 0 Å². The van der Waals surface area contributed by atoms with Gasteiger partial charge in [-0.25, -0.2) is 9.82 Å². The van der Waals surface area contributed by atoms with Gasteiger partial charge in [0, 0.05) is 5.56 Å². The first kappa shape index (κ1) is 14.9. The summed E-state index contributed by atoms with van der Waals surface area (Å²) in [7, 11) is 0. The van der Waals surface area contributed by atoms with Gasteiger partial charge < -0.3 is 0 Å². The van der Waals surface area contributed by atoms with E-state index in [-0.39, 0.29) is 11.7 Å². The van der Waals surface area contributed by atoms with E-state index in [9.17, 15) is 9.18 Å². The minimum atomic E-state index is -0.374. The minimum Gasteiger partial charge on any atom is -0.267 e. The molecule has 0 aliphatic heterocycles. The number of nitrogens with zero attached hydrogens (tertiary/aromatic N) is 1. The number of carbonyl (C=O) groups is 1. The Morgan fingerprint density at radius 2 is 1.71 bits per heavy atom. The molecule has 0 saturated carbocycles. The summed E-state index contributed by atoms with van der Waals surface area (Å²) < 4.78 is 12.8. The van der Waals surface area contributed by atoms with Crippen molar-refractivity contribution in [3.63, 3.8) is 0 Å². The third kappa shape index (κ3) is 3.54. The number of hydrazone groups is 1. The first-order valence-electron chi connectivity index (χ1n) is 6.65. The predicted molar refractivity (Wildman–Crippen MR) is 82.1 cm³/mol. The maximum Gasteiger partial charge on any atom is 0.271 e. The zero-order valence-electron chi connectivity index (χ0n) is 12.3. The molecule has 0 heterocycles. The molecule has 0 bridgehead atoms. The van der Waals surface area contributed by atoms with Crippen molar-refractivity contribution in [2.24, 2.45) is 5.10 Å². The van der Waals surface area contributed by atoms with E-state index in [4.69, 9.17) is 0 Å². The average Bonchev–Trinajstić information content (AvgIpc) is 2.48. The lowest BCUT2D eigenvalue weighted by atomic mass is 10.00. The monoisotopic (exact) mass is 284 g/mol. The molecule has 108 valence electrons. The van der Waals surface area contributed by atoms with E-state index in [1.54, 1.807) is 6.21 Å². The Bertz CT molecular complexity index is 691. The molecule has 0 unspecified atom stereocenters. The number of benzene rings is 2. The van der Waals surface area contributed by atoms with Gasteiger partial charge in [-0.2, -0.15) is 5.10 Å². The Hall–Kier alpha value is -2.49. The molecule has 0 aliphatic carbocycles. The molecule has 0 atom stereocenters. The smallest absolute Gasteiger partial charge is 0.267 e. The summed E-state index contributed by atoms with van der Waals surface area (Å²) in [6.45, 7) is 6.13. The summed E-state index contributed by atoms with van der Waals surface area (Å²) >= 11 is 0. The predicted octanol–water partition coefficient (Wildman–Crippen LogP) is 3.51. The normalized spacial score (nSPS) is 10.9.